The zero-order valence-electron chi connectivity index (χ0n) is 17.5. The molecule has 4 heterocycles. The molecule has 0 radical (unpaired) electrons. The Morgan fingerprint density at radius 2 is 2.03 bits per heavy atom. The summed E-state index contributed by atoms with van der Waals surface area (Å²) in [5.41, 5.74) is 4.87. The van der Waals surface area contributed by atoms with Gasteiger partial charge >= 0.3 is 5.97 Å². The summed E-state index contributed by atoms with van der Waals surface area (Å²) < 4.78 is 6.68. The number of benzene rings is 1. The lowest BCUT2D eigenvalue weighted by atomic mass is 9.96. The normalized spacial score (nSPS) is 15.1. The number of carbonyl (C=O) groups is 3. The summed E-state index contributed by atoms with van der Waals surface area (Å²) in [6.07, 6.45) is 3.58. The van der Waals surface area contributed by atoms with E-state index < -0.39 is 12.0 Å². The number of esters is 1. The lowest BCUT2D eigenvalue weighted by Crippen LogP contribution is -2.49. The number of nitrogens with one attached hydrogen (secondary N) is 1. The van der Waals surface area contributed by atoms with Crippen LogP contribution in [0.1, 0.15) is 21.6 Å². The van der Waals surface area contributed by atoms with Gasteiger partial charge in [0.15, 0.2) is 0 Å². The van der Waals surface area contributed by atoms with Crippen LogP contribution in [0.15, 0.2) is 42.7 Å². The number of hydrogen-bond donors (Lipinski definition) is 2. The van der Waals surface area contributed by atoms with E-state index in [1.165, 1.54) is 13.3 Å². The third kappa shape index (κ3) is 3.55. The first-order valence-electron chi connectivity index (χ1n) is 9.81. The highest BCUT2D eigenvalue weighted by molar-refractivity contribution is 5.99. The average molecular weight is 435 g/mol. The van der Waals surface area contributed by atoms with Crippen LogP contribution in [-0.4, -0.2) is 61.3 Å². The fraction of sp³-hybridized carbons (Fsp3) is 0.227. The van der Waals surface area contributed by atoms with Crippen LogP contribution in [0.2, 0.25) is 0 Å². The molecular weight excluding hydrogens is 414 g/mol. The van der Waals surface area contributed by atoms with Crippen molar-refractivity contribution in [3.05, 3.63) is 59.5 Å². The summed E-state index contributed by atoms with van der Waals surface area (Å²) in [5, 5.41) is 12.1. The van der Waals surface area contributed by atoms with E-state index in [0.29, 0.717) is 24.0 Å². The first kappa shape index (κ1) is 21.0. The largest absolute Gasteiger partial charge is 0.483 e. The van der Waals surface area contributed by atoms with Crippen LogP contribution in [0.5, 0.6) is 0 Å². The molecule has 0 fully saturated rings. The molecule has 0 saturated carbocycles. The minimum atomic E-state index is -0.693. The van der Waals surface area contributed by atoms with Crippen LogP contribution in [0, 0.1) is 0 Å². The van der Waals surface area contributed by atoms with Crippen LogP contribution in [0.4, 0.5) is 0 Å². The lowest BCUT2D eigenvalue weighted by Gasteiger charge is -2.34. The standard InChI is InChI=1S/C21H19N5O3.CH2O2/c1-25-18-7-12(9-22-16(18)10-23-25)20(27)26-11-17-14(8-19(26)21(28)29-2)13-5-3-4-6-15(13)24-17;2-1-3/h3-7,9-10,19,24H,8,11H2,1-2H3;1H,(H,2,3)/t19-;/m0./s1. The quantitative estimate of drug-likeness (QED) is 0.363. The molecule has 1 amide bonds. The van der Waals surface area contributed by atoms with Crippen molar-refractivity contribution in [2.45, 2.75) is 19.0 Å². The van der Waals surface area contributed by atoms with Gasteiger partial charge < -0.3 is 19.7 Å². The Morgan fingerprint density at radius 1 is 1.28 bits per heavy atom. The second kappa shape index (κ2) is 8.50. The maximum absolute atomic E-state index is 13.4. The summed E-state index contributed by atoms with van der Waals surface area (Å²) in [6.45, 7) is 0.0477. The molecule has 4 aromatic rings. The second-order valence-electron chi connectivity index (χ2n) is 7.31. The van der Waals surface area contributed by atoms with E-state index in [2.05, 4.69) is 15.1 Å². The van der Waals surface area contributed by atoms with Crippen LogP contribution >= 0.6 is 0 Å². The number of carboxylic acid groups (broad SMARTS) is 1. The number of aromatic nitrogens is 4. The molecule has 2 N–H and O–H groups in total. The Hall–Kier alpha value is -4.21. The van der Waals surface area contributed by atoms with Crippen molar-refractivity contribution in [1.29, 1.82) is 0 Å². The van der Waals surface area contributed by atoms with Crippen LogP contribution in [0.3, 0.4) is 0 Å². The van der Waals surface area contributed by atoms with E-state index in [1.807, 2.05) is 24.3 Å². The number of methoxy groups -OCH3 is 1. The number of aromatic amines is 1. The Labute approximate surface area is 182 Å². The molecule has 5 rings (SSSR count). The molecule has 0 spiro atoms. The number of hydrogen-bond acceptors (Lipinski definition) is 6. The van der Waals surface area contributed by atoms with Crippen LogP contribution in [0.25, 0.3) is 21.9 Å². The zero-order chi connectivity index (χ0) is 22.8. The third-order valence-corrected chi connectivity index (χ3v) is 5.58. The van der Waals surface area contributed by atoms with Crippen molar-refractivity contribution in [2.75, 3.05) is 7.11 Å². The smallest absolute Gasteiger partial charge is 0.328 e. The first-order chi connectivity index (χ1) is 15.5. The molecule has 10 heteroatoms. The third-order valence-electron chi connectivity index (χ3n) is 5.58. The molecule has 1 atom stereocenters. The molecular formula is C22H21N5O5. The van der Waals surface area contributed by atoms with Crippen LogP contribution < -0.4 is 0 Å². The summed E-state index contributed by atoms with van der Waals surface area (Å²) in [5.74, 6) is -0.691. The Kier molecular flexibility index (Phi) is 5.59. The number of para-hydroxylation sites is 1. The van der Waals surface area contributed by atoms with Crippen molar-refractivity contribution in [2.24, 2.45) is 7.05 Å². The number of rotatable bonds is 2. The highest BCUT2D eigenvalue weighted by Crippen LogP contribution is 2.31. The SMILES string of the molecule is COC(=O)[C@@H]1Cc2c([nH]c3ccccc23)CN1C(=O)c1cnc2cnn(C)c2c1.O=CO. The predicted octanol–water partition coefficient (Wildman–Crippen LogP) is 1.89. The van der Waals surface area contributed by atoms with Crippen molar-refractivity contribution in [3.8, 4) is 0 Å². The molecule has 164 valence electrons. The van der Waals surface area contributed by atoms with Gasteiger partial charge in [-0.15, -0.1) is 0 Å². The number of fused-ring (bicyclic) bond motifs is 4. The molecule has 1 aliphatic heterocycles. The van der Waals surface area contributed by atoms with Gasteiger partial charge in [0, 0.05) is 36.3 Å². The van der Waals surface area contributed by atoms with E-state index in [1.54, 1.807) is 28.9 Å². The Morgan fingerprint density at radius 3 is 2.78 bits per heavy atom. The molecule has 32 heavy (non-hydrogen) atoms. The summed E-state index contributed by atoms with van der Waals surface area (Å²) >= 11 is 0. The highest BCUT2D eigenvalue weighted by atomic mass is 16.5. The number of pyridine rings is 1. The van der Waals surface area contributed by atoms with Gasteiger partial charge in [0.25, 0.3) is 12.4 Å². The summed E-state index contributed by atoms with van der Waals surface area (Å²) in [6, 6.07) is 9.01. The molecule has 3 aromatic heterocycles. The molecule has 0 aliphatic carbocycles. The summed E-state index contributed by atoms with van der Waals surface area (Å²) in [4.78, 5) is 43.6. The average Bonchev–Trinajstić information content (AvgIpc) is 3.37. The Balaban J connectivity index is 0.000000775. The van der Waals surface area contributed by atoms with Gasteiger partial charge in [0.1, 0.15) is 11.6 Å². The molecule has 0 saturated heterocycles. The van der Waals surface area contributed by atoms with Crippen molar-refractivity contribution in [1.82, 2.24) is 24.6 Å². The minimum absolute atomic E-state index is 0.250. The first-order valence-corrected chi connectivity index (χ1v) is 9.81. The second-order valence-corrected chi connectivity index (χ2v) is 7.31. The molecule has 1 aromatic carbocycles. The zero-order valence-corrected chi connectivity index (χ0v) is 17.5. The maximum atomic E-state index is 13.4. The van der Waals surface area contributed by atoms with Gasteiger partial charge in [0.2, 0.25) is 0 Å². The van der Waals surface area contributed by atoms with Gasteiger partial charge in [-0.3, -0.25) is 19.3 Å². The Bertz CT molecular complexity index is 1330. The van der Waals surface area contributed by atoms with Gasteiger partial charge in [-0.2, -0.15) is 5.10 Å². The maximum Gasteiger partial charge on any atom is 0.328 e. The fourth-order valence-electron chi connectivity index (χ4n) is 4.08. The van der Waals surface area contributed by atoms with Gasteiger partial charge in [-0.1, -0.05) is 18.2 Å². The number of carbonyl (C=O) groups excluding carboxylic acids is 2. The van der Waals surface area contributed by atoms with E-state index in [0.717, 1.165) is 27.7 Å². The van der Waals surface area contributed by atoms with Gasteiger partial charge in [-0.25, -0.2) is 4.79 Å². The number of aryl methyl sites for hydroxylation is 1. The fourth-order valence-corrected chi connectivity index (χ4v) is 4.08. The number of amides is 1. The van der Waals surface area contributed by atoms with E-state index in [-0.39, 0.29) is 12.4 Å². The van der Waals surface area contributed by atoms with Crippen molar-refractivity contribution < 1.29 is 24.2 Å². The highest BCUT2D eigenvalue weighted by Gasteiger charge is 2.37. The molecule has 1 aliphatic rings. The van der Waals surface area contributed by atoms with Gasteiger partial charge in [-0.05, 0) is 17.7 Å². The lowest BCUT2D eigenvalue weighted by molar-refractivity contribution is -0.146. The monoisotopic (exact) mass is 435 g/mol. The number of H-pyrrole nitrogens is 1. The van der Waals surface area contributed by atoms with Crippen molar-refractivity contribution in [3.63, 3.8) is 0 Å². The van der Waals surface area contributed by atoms with E-state index in [9.17, 15) is 9.59 Å². The van der Waals surface area contributed by atoms with Gasteiger partial charge in [0.05, 0.1) is 30.9 Å². The minimum Gasteiger partial charge on any atom is -0.483 e. The summed E-state index contributed by atoms with van der Waals surface area (Å²) in [7, 11) is 3.14. The number of nitrogens with zero attached hydrogens (tertiary/aromatic N) is 4. The number of ether oxygens (including phenoxy) is 1. The molecule has 0 unspecified atom stereocenters. The topological polar surface area (TPSA) is 130 Å². The predicted molar refractivity (Wildman–Crippen MR) is 115 cm³/mol. The van der Waals surface area contributed by atoms with E-state index >= 15 is 0 Å². The van der Waals surface area contributed by atoms with E-state index in [4.69, 9.17) is 14.6 Å². The van der Waals surface area contributed by atoms with Crippen LogP contribution in [-0.2, 0) is 34.3 Å². The molecule has 0 bridgehead atoms. The van der Waals surface area contributed by atoms with Crippen molar-refractivity contribution >= 4 is 40.3 Å². The molecule has 10 nitrogen and oxygen atoms in total.